The van der Waals surface area contributed by atoms with Gasteiger partial charge >= 0.3 is 0 Å². The zero-order valence-electron chi connectivity index (χ0n) is 25.0. The summed E-state index contributed by atoms with van der Waals surface area (Å²) in [5.41, 5.74) is 5.89. The van der Waals surface area contributed by atoms with Crippen LogP contribution in [0.4, 0.5) is 0 Å². The molecular formula is C41H33NO2. The van der Waals surface area contributed by atoms with E-state index in [-0.39, 0.29) is 23.2 Å². The number of Topliss-reactive ketones (excluding diaryl/α,β-unsaturated/α-hetero) is 2. The summed E-state index contributed by atoms with van der Waals surface area (Å²) in [4.78, 5) is 27.0. The Labute approximate surface area is 256 Å². The highest BCUT2D eigenvalue weighted by molar-refractivity contribution is 6.42. The number of carbonyl (C=O) groups is 2. The molecule has 3 heteroatoms. The molecule has 1 aromatic heterocycles. The summed E-state index contributed by atoms with van der Waals surface area (Å²) in [7, 11) is 0. The fourth-order valence-corrected chi connectivity index (χ4v) is 7.39. The molecule has 44 heavy (non-hydrogen) atoms. The summed E-state index contributed by atoms with van der Waals surface area (Å²) in [6.07, 6.45) is 12.2. The summed E-state index contributed by atoms with van der Waals surface area (Å²) >= 11 is 0. The van der Waals surface area contributed by atoms with E-state index in [1.165, 1.54) is 27.2 Å². The van der Waals surface area contributed by atoms with E-state index in [9.17, 15) is 9.59 Å². The van der Waals surface area contributed by atoms with Crippen LogP contribution in [0.3, 0.4) is 0 Å². The molecule has 6 aromatic rings. The first-order chi connectivity index (χ1) is 21.5. The monoisotopic (exact) mass is 571 g/mol. The molecule has 1 heterocycles. The number of ketones is 2. The molecule has 1 atom stereocenters. The Kier molecular flexibility index (Phi) is 6.23. The molecule has 0 fully saturated rings. The normalized spacial score (nSPS) is 16.6. The number of fused-ring (bicyclic) bond motifs is 6. The van der Waals surface area contributed by atoms with Gasteiger partial charge in [-0.25, -0.2) is 0 Å². The first-order valence-corrected chi connectivity index (χ1v) is 15.7. The first kappa shape index (κ1) is 26.6. The van der Waals surface area contributed by atoms with Gasteiger partial charge in [-0.05, 0) is 100 Å². The van der Waals surface area contributed by atoms with Crippen molar-refractivity contribution in [1.29, 1.82) is 0 Å². The fraction of sp³-hybridized carbons (Fsp3) is 0.171. The van der Waals surface area contributed by atoms with E-state index in [0.717, 1.165) is 46.5 Å². The summed E-state index contributed by atoms with van der Waals surface area (Å²) < 4.78 is 2.47. The van der Waals surface area contributed by atoms with Crippen LogP contribution in [0, 0.1) is 5.92 Å². The molecule has 0 amide bonds. The third-order valence-electron chi connectivity index (χ3n) is 9.76. The summed E-state index contributed by atoms with van der Waals surface area (Å²) in [6, 6.07) is 31.2. The van der Waals surface area contributed by atoms with Crippen molar-refractivity contribution in [3.63, 3.8) is 0 Å². The SMILES string of the molecule is CCC(CC)C1=CCC(n2c3ccc(C=C4C(=O)c5cc6ccccc6cc5C4=O)cc3c3cc4ccccc4cc32)C=C1. The number of rotatable bonds is 5. The van der Waals surface area contributed by atoms with Gasteiger partial charge in [0.25, 0.3) is 0 Å². The highest BCUT2D eigenvalue weighted by Gasteiger charge is 2.33. The molecule has 2 aliphatic carbocycles. The summed E-state index contributed by atoms with van der Waals surface area (Å²) in [6.45, 7) is 4.54. The van der Waals surface area contributed by atoms with Gasteiger partial charge in [-0.2, -0.15) is 0 Å². The molecule has 1 unspecified atom stereocenters. The second kappa shape index (κ2) is 10.3. The van der Waals surface area contributed by atoms with Gasteiger partial charge in [-0.15, -0.1) is 0 Å². The van der Waals surface area contributed by atoms with Crippen LogP contribution < -0.4 is 0 Å². The van der Waals surface area contributed by atoms with Crippen LogP contribution in [0.1, 0.15) is 65.4 Å². The van der Waals surface area contributed by atoms with Crippen LogP contribution in [0.5, 0.6) is 0 Å². The van der Waals surface area contributed by atoms with E-state index in [1.807, 2.05) is 42.5 Å². The number of benzene rings is 5. The standard InChI is InChI=1S/C41H33NO2/c1-3-26(4-2)27-14-16-32(17-15-27)42-38-18-13-25(19-33(38)34-21-28-9-7-8-12-31(28)24-39(34)42)20-37-40(43)35-22-29-10-5-6-11-30(29)23-36(35)41(37)44/h5-16,18-24,26,32H,3-4,17H2,1-2H3. The second-order valence-electron chi connectivity index (χ2n) is 12.2. The van der Waals surface area contributed by atoms with Crippen molar-refractivity contribution in [1.82, 2.24) is 4.57 Å². The lowest BCUT2D eigenvalue weighted by Gasteiger charge is -2.23. The molecule has 0 radical (unpaired) electrons. The van der Waals surface area contributed by atoms with Gasteiger partial charge in [0.2, 0.25) is 0 Å². The van der Waals surface area contributed by atoms with E-state index in [4.69, 9.17) is 0 Å². The largest absolute Gasteiger partial charge is 0.333 e. The number of nitrogens with zero attached hydrogens (tertiary/aromatic N) is 1. The van der Waals surface area contributed by atoms with E-state index in [1.54, 1.807) is 6.08 Å². The molecule has 214 valence electrons. The Balaban J connectivity index is 1.26. The summed E-state index contributed by atoms with van der Waals surface area (Å²) in [5.74, 6) is 0.212. The van der Waals surface area contributed by atoms with E-state index in [2.05, 4.69) is 85.2 Å². The van der Waals surface area contributed by atoms with Crippen molar-refractivity contribution < 1.29 is 9.59 Å². The number of hydrogen-bond donors (Lipinski definition) is 0. The molecule has 0 aliphatic heterocycles. The molecule has 8 rings (SSSR count). The van der Waals surface area contributed by atoms with Crippen molar-refractivity contribution in [2.75, 3.05) is 0 Å². The average Bonchev–Trinajstić information content (AvgIpc) is 3.49. The number of allylic oxidation sites excluding steroid dienone is 5. The summed E-state index contributed by atoms with van der Waals surface area (Å²) in [5, 5.41) is 6.65. The molecule has 5 aromatic carbocycles. The van der Waals surface area contributed by atoms with Crippen molar-refractivity contribution >= 4 is 61.0 Å². The fourth-order valence-electron chi connectivity index (χ4n) is 7.39. The highest BCUT2D eigenvalue weighted by atomic mass is 16.2. The highest BCUT2D eigenvalue weighted by Crippen LogP contribution is 2.39. The minimum absolute atomic E-state index is 0.198. The maximum atomic E-state index is 13.5. The van der Waals surface area contributed by atoms with Gasteiger partial charge in [0.05, 0.1) is 17.1 Å². The molecule has 3 nitrogen and oxygen atoms in total. The van der Waals surface area contributed by atoms with Gasteiger partial charge < -0.3 is 4.57 Å². The number of carbonyl (C=O) groups excluding carboxylic acids is 2. The van der Waals surface area contributed by atoms with Crippen LogP contribution >= 0.6 is 0 Å². The van der Waals surface area contributed by atoms with E-state index >= 15 is 0 Å². The molecule has 2 aliphatic rings. The molecular weight excluding hydrogens is 538 g/mol. The van der Waals surface area contributed by atoms with Crippen LogP contribution in [-0.4, -0.2) is 16.1 Å². The smallest absolute Gasteiger partial charge is 0.197 e. The molecule has 0 saturated heterocycles. The van der Waals surface area contributed by atoms with Gasteiger partial charge in [0, 0.05) is 27.4 Å². The van der Waals surface area contributed by atoms with Crippen LogP contribution in [-0.2, 0) is 0 Å². The quantitative estimate of drug-likeness (QED) is 0.153. The van der Waals surface area contributed by atoms with Gasteiger partial charge in [0.1, 0.15) is 0 Å². The molecule has 0 spiro atoms. The first-order valence-electron chi connectivity index (χ1n) is 15.7. The van der Waals surface area contributed by atoms with Crippen LogP contribution in [0.2, 0.25) is 0 Å². The predicted molar refractivity (Wildman–Crippen MR) is 182 cm³/mol. The average molecular weight is 572 g/mol. The Morgan fingerprint density at radius 2 is 1.32 bits per heavy atom. The van der Waals surface area contributed by atoms with Crippen LogP contribution in [0.25, 0.3) is 49.4 Å². The lowest BCUT2D eigenvalue weighted by molar-refractivity contribution is 0.0990. The Bertz CT molecular complexity index is 2210. The molecule has 0 bridgehead atoms. The van der Waals surface area contributed by atoms with Crippen molar-refractivity contribution in [2.24, 2.45) is 5.92 Å². The molecule has 0 N–H and O–H groups in total. The van der Waals surface area contributed by atoms with Gasteiger partial charge in [0.15, 0.2) is 11.6 Å². The Hall–Kier alpha value is -5.02. The third kappa shape index (κ3) is 4.11. The number of hydrogen-bond acceptors (Lipinski definition) is 2. The maximum absolute atomic E-state index is 13.5. The minimum atomic E-state index is -0.198. The van der Waals surface area contributed by atoms with Crippen molar-refractivity contribution in [3.05, 3.63) is 137 Å². The lowest BCUT2D eigenvalue weighted by Crippen LogP contribution is -2.10. The zero-order valence-corrected chi connectivity index (χ0v) is 25.0. The van der Waals surface area contributed by atoms with E-state index in [0.29, 0.717) is 17.0 Å². The number of aromatic nitrogens is 1. The molecule has 0 saturated carbocycles. The maximum Gasteiger partial charge on any atom is 0.197 e. The van der Waals surface area contributed by atoms with Crippen LogP contribution in [0.15, 0.2) is 120 Å². The predicted octanol–water partition coefficient (Wildman–Crippen LogP) is 10.4. The topological polar surface area (TPSA) is 39.1 Å². The van der Waals surface area contributed by atoms with Gasteiger partial charge in [-0.1, -0.05) is 86.7 Å². The Morgan fingerprint density at radius 1 is 0.727 bits per heavy atom. The zero-order chi connectivity index (χ0) is 29.9. The lowest BCUT2D eigenvalue weighted by atomic mass is 9.89. The minimum Gasteiger partial charge on any atom is -0.333 e. The Morgan fingerprint density at radius 3 is 1.91 bits per heavy atom. The van der Waals surface area contributed by atoms with Crippen molar-refractivity contribution in [2.45, 2.75) is 39.2 Å². The third-order valence-corrected chi connectivity index (χ3v) is 9.76. The second-order valence-corrected chi connectivity index (χ2v) is 12.2. The van der Waals surface area contributed by atoms with E-state index < -0.39 is 0 Å². The van der Waals surface area contributed by atoms with Gasteiger partial charge in [-0.3, -0.25) is 9.59 Å². The van der Waals surface area contributed by atoms with Crippen molar-refractivity contribution in [3.8, 4) is 0 Å².